The average molecular weight is 384 g/mol. The molecule has 0 unspecified atom stereocenters. The average Bonchev–Trinajstić information content (AvgIpc) is 2.73. The molecule has 144 valence electrons. The van der Waals surface area contributed by atoms with Crippen molar-refractivity contribution >= 4 is 16.7 Å². The third-order valence-electron chi connectivity index (χ3n) is 5.54. The number of nitrogens with zero attached hydrogens (tertiary/aromatic N) is 4. The molecule has 0 radical (unpaired) electrons. The van der Waals surface area contributed by atoms with Crippen LogP contribution in [0.3, 0.4) is 0 Å². The summed E-state index contributed by atoms with van der Waals surface area (Å²) in [5.41, 5.74) is 6.64. The molecule has 4 nitrogen and oxygen atoms in total. The molecule has 0 aliphatic carbocycles. The highest BCUT2D eigenvalue weighted by atomic mass is 19.1. The Morgan fingerprint density at radius 3 is 2.72 bits per heavy atom. The van der Waals surface area contributed by atoms with Crippen LogP contribution in [0.5, 0.6) is 0 Å². The van der Waals surface area contributed by atoms with Gasteiger partial charge >= 0.3 is 0 Å². The van der Waals surface area contributed by atoms with Gasteiger partial charge in [-0.1, -0.05) is 24.3 Å². The van der Waals surface area contributed by atoms with Crippen LogP contribution in [-0.4, -0.2) is 21.5 Å². The molecule has 0 N–H and O–H groups in total. The fourth-order valence-electron chi connectivity index (χ4n) is 4.09. The lowest BCUT2D eigenvalue weighted by atomic mass is 9.97. The molecule has 29 heavy (non-hydrogen) atoms. The van der Waals surface area contributed by atoms with E-state index in [2.05, 4.69) is 46.1 Å². The van der Waals surface area contributed by atoms with Gasteiger partial charge < -0.3 is 4.90 Å². The molecule has 4 aromatic rings. The lowest BCUT2D eigenvalue weighted by Gasteiger charge is -2.30. The molecule has 0 atom stereocenters. The number of benzene rings is 2. The van der Waals surface area contributed by atoms with Gasteiger partial charge in [0.25, 0.3) is 0 Å². The largest absolute Gasteiger partial charge is 0.351 e. The highest BCUT2D eigenvalue weighted by molar-refractivity contribution is 5.89. The number of rotatable bonds is 2. The van der Waals surface area contributed by atoms with Crippen LogP contribution in [0.4, 0.5) is 10.2 Å². The van der Waals surface area contributed by atoms with Crippen LogP contribution in [0.25, 0.3) is 22.0 Å². The van der Waals surface area contributed by atoms with E-state index in [-0.39, 0.29) is 5.82 Å². The molecule has 1 aliphatic heterocycles. The Morgan fingerprint density at radius 2 is 1.86 bits per heavy atom. The maximum atomic E-state index is 13.9. The molecule has 5 heteroatoms. The number of pyridine rings is 1. The quantitative estimate of drug-likeness (QED) is 0.487. The van der Waals surface area contributed by atoms with Gasteiger partial charge in [-0.05, 0) is 54.8 Å². The van der Waals surface area contributed by atoms with Crippen molar-refractivity contribution in [1.29, 1.82) is 0 Å². The lowest BCUT2D eigenvalue weighted by molar-refractivity contribution is 0.629. The van der Waals surface area contributed by atoms with E-state index in [0.717, 1.165) is 40.9 Å². The molecule has 0 amide bonds. The Balaban J connectivity index is 1.56. The van der Waals surface area contributed by atoms with Crippen LogP contribution in [0.1, 0.15) is 22.6 Å². The highest BCUT2D eigenvalue weighted by Crippen LogP contribution is 2.31. The molecule has 0 bridgehead atoms. The zero-order valence-electron chi connectivity index (χ0n) is 16.5. The maximum absolute atomic E-state index is 13.9. The third-order valence-corrected chi connectivity index (χ3v) is 5.54. The van der Waals surface area contributed by atoms with E-state index in [4.69, 9.17) is 4.98 Å². The van der Waals surface area contributed by atoms with Gasteiger partial charge in [0, 0.05) is 42.4 Å². The molecule has 2 aromatic heterocycles. The van der Waals surface area contributed by atoms with Gasteiger partial charge in [-0.15, -0.1) is 0 Å². The summed E-state index contributed by atoms with van der Waals surface area (Å²) in [5.74, 6) is 1.21. The summed E-state index contributed by atoms with van der Waals surface area (Å²) in [6.45, 7) is 5.49. The smallest absolute Gasteiger partial charge is 0.140 e. The van der Waals surface area contributed by atoms with Crippen molar-refractivity contribution in [3.05, 3.63) is 83.2 Å². The number of hydrogen-bond donors (Lipinski definition) is 0. The first-order valence-electron chi connectivity index (χ1n) is 9.81. The van der Waals surface area contributed by atoms with Gasteiger partial charge in [0.2, 0.25) is 0 Å². The van der Waals surface area contributed by atoms with Crippen LogP contribution in [-0.2, 0) is 13.0 Å². The van der Waals surface area contributed by atoms with E-state index < -0.39 is 0 Å². The predicted octanol–water partition coefficient (Wildman–Crippen LogP) is 5.01. The highest BCUT2D eigenvalue weighted by Gasteiger charge is 2.22. The van der Waals surface area contributed by atoms with Gasteiger partial charge in [-0.25, -0.2) is 14.4 Å². The Hall–Kier alpha value is -3.34. The molecule has 5 rings (SSSR count). The number of halogens is 1. The van der Waals surface area contributed by atoms with Gasteiger partial charge in [-0.2, -0.15) is 0 Å². The minimum absolute atomic E-state index is 0.271. The first-order chi connectivity index (χ1) is 14.1. The SMILES string of the molecule is Cc1nc(N2CCc3ncc(-c4ccccc4C)cc3C2)c2cc(F)ccc2n1. The van der Waals surface area contributed by atoms with Gasteiger partial charge in [0.1, 0.15) is 17.5 Å². The summed E-state index contributed by atoms with van der Waals surface area (Å²) in [6, 6.07) is 15.3. The van der Waals surface area contributed by atoms with Crippen LogP contribution < -0.4 is 4.90 Å². The molecular weight excluding hydrogens is 363 g/mol. The molecule has 2 aromatic carbocycles. The standard InChI is InChI=1S/C24H21FN4/c1-15-5-3-4-6-20(15)17-11-18-14-29(10-9-22(18)26-13-17)24-21-12-19(25)7-8-23(21)27-16(2)28-24/h3-8,11-13H,9-10,14H2,1-2H3. The van der Waals surface area contributed by atoms with Crippen LogP contribution in [0, 0.1) is 19.7 Å². The molecule has 0 saturated heterocycles. The summed E-state index contributed by atoms with van der Waals surface area (Å²) in [7, 11) is 0. The monoisotopic (exact) mass is 384 g/mol. The molecule has 0 spiro atoms. The zero-order valence-corrected chi connectivity index (χ0v) is 16.5. The van der Waals surface area contributed by atoms with Gasteiger partial charge in [0.15, 0.2) is 0 Å². The number of aromatic nitrogens is 3. The lowest BCUT2D eigenvalue weighted by Crippen LogP contribution is -2.32. The summed E-state index contributed by atoms with van der Waals surface area (Å²) >= 11 is 0. The fourth-order valence-corrected chi connectivity index (χ4v) is 4.09. The van der Waals surface area contributed by atoms with E-state index in [1.165, 1.54) is 28.8 Å². The Kier molecular flexibility index (Phi) is 4.23. The van der Waals surface area contributed by atoms with E-state index >= 15 is 0 Å². The number of anilines is 1. The molecule has 0 fully saturated rings. The summed E-state index contributed by atoms with van der Waals surface area (Å²) in [5, 5.41) is 0.752. The third kappa shape index (κ3) is 3.23. The summed E-state index contributed by atoms with van der Waals surface area (Å²) in [6.07, 6.45) is 2.81. The molecular formula is C24H21FN4. The summed E-state index contributed by atoms with van der Waals surface area (Å²) < 4.78 is 13.9. The van der Waals surface area contributed by atoms with Crippen LogP contribution in [0.15, 0.2) is 54.7 Å². The van der Waals surface area contributed by atoms with Crippen molar-refractivity contribution in [2.24, 2.45) is 0 Å². The molecule has 1 aliphatic rings. The van der Waals surface area contributed by atoms with E-state index in [0.29, 0.717) is 12.4 Å². The van der Waals surface area contributed by atoms with Crippen molar-refractivity contribution in [2.75, 3.05) is 11.4 Å². The van der Waals surface area contributed by atoms with E-state index in [9.17, 15) is 4.39 Å². The zero-order chi connectivity index (χ0) is 20.0. The normalized spacial score (nSPS) is 13.6. The Labute approximate surface area is 169 Å². The molecule has 0 saturated carbocycles. The van der Waals surface area contributed by atoms with E-state index in [1.54, 1.807) is 6.07 Å². The minimum atomic E-state index is -0.271. The van der Waals surface area contributed by atoms with Gasteiger partial charge in [-0.3, -0.25) is 4.98 Å². The van der Waals surface area contributed by atoms with Crippen LogP contribution >= 0.6 is 0 Å². The number of fused-ring (bicyclic) bond motifs is 2. The van der Waals surface area contributed by atoms with Gasteiger partial charge in [0.05, 0.1) is 5.52 Å². The van der Waals surface area contributed by atoms with E-state index in [1.807, 2.05) is 19.2 Å². The maximum Gasteiger partial charge on any atom is 0.140 e. The minimum Gasteiger partial charge on any atom is -0.351 e. The Morgan fingerprint density at radius 1 is 1.00 bits per heavy atom. The number of hydrogen-bond acceptors (Lipinski definition) is 4. The van der Waals surface area contributed by atoms with Crippen molar-refractivity contribution < 1.29 is 4.39 Å². The van der Waals surface area contributed by atoms with Crippen molar-refractivity contribution in [3.63, 3.8) is 0 Å². The van der Waals surface area contributed by atoms with Crippen molar-refractivity contribution in [3.8, 4) is 11.1 Å². The first-order valence-corrected chi connectivity index (χ1v) is 9.81. The number of aryl methyl sites for hydroxylation is 2. The second-order valence-corrected chi connectivity index (χ2v) is 7.57. The molecule has 3 heterocycles. The van der Waals surface area contributed by atoms with Crippen molar-refractivity contribution in [1.82, 2.24) is 15.0 Å². The Bertz CT molecular complexity index is 1230. The first kappa shape index (κ1) is 17.7. The topological polar surface area (TPSA) is 41.9 Å². The van der Waals surface area contributed by atoms with Crippen molar-refractivity contribution in [2.45, 2.75) is 26.8 Å². The summed E-state index contributed by atoms with van der Waals surface area (Å²) in [4.78, 5) is 16.1. The second-order valence-electron chi connectivity index (χ2n) is 7.57. The fraction of sp³-hybridized carbons (Fsp3) is 0.208. The predicted molar refractivity (Wildman–Crippen MR) is 113 cm³/mol. The van der Waals surface area contributed by atoms with Crippen LogP contribution in [0.2, 0.25) is 0 Å². The second kappa shape index (κ2) is 6.92.